The number of nitrogens with zero attached hydrogens (tertiary/aromatic N) is 1. The second-order valence-electron chi connectivity index (χ2n) is 4.40. The molecule has 2 N–H and O–H groups in total. The summed E-state index contributed by atoms with van der Waals surface area (Å²) in [5.74, 6) is -1.08. The standard InChI is InChI=1S/C14H19ClN2O3/c1-3-5-6-17(4-2)14(20)16-12-8-10(13(18)19)7-11(15)9-12/h7-9H,3-6H2,1-2H3,(H,16,20)(H,18,19). The first kappa shape index (κ1) is 16.3. The van der Waals surface area contributed by atoms with Crippen molar-refractivity contribution in [2.75, 3.05) is 18.4 Å². The number of aromatic carboxylic acids is 1. The molecule has 5 nitrogen and oxygen atoms in total. The Bertz CT molecular complexity index is 491. The molecule has 1 aromatic rings. The first-order valence-electron chi connectivity index (χ1n) is 6.57. The topological polar surface area (TPSA) is 69.6 Å². The second-order valence-corrected chi connectivity index (χ2v) is 4.83. The van der Waals surface area contributed by atoms with E-state index in [9.17, 15) is 9.59 Å². The number of hydrogen-bond donors (Lipinski definition) is 2. The van der Waals surface area contributed by atoms with Gasteiger partial charge >= 0.3 is 12.0 Å². The van der Waals surface area contributed by atoms with Crippen LogP contribution in [0.5, 0.6) is 0 Å². The van der Waals surface area contributed by atoms with Gasteiger partial charge in [0.1, 0.15) is 0 Å². The SMILES string of the molecule is CCCCN(CC)C(=O)Nc1cc(Cl)cc(C(=O)O)c1. The Labute approximate surface area is 123 Å². The highest BCUT2D eigenvalue weighted by Crippen LogP contribution is 2.19. The molecule has 0 radical (unpaired) electrons. The van der Waals surface area contributed by atoms with Crippen molar-refractivity contribution in [3.05, 3.63) is 28.8 Å². The highest BCUT2D eigenvalue weighted by atomic mass is 35.5. The molecule has 0 unspecified atom stereocenters. The number of carboxylic acid groups (broad SMARTS) is 1. The average molecular weight is 299 g/mol. The molecule has 0 spiro atoms. The van der Waals surface area contributed by atoms with Crippen molar-refractivity contribution in [2.24, 2.45) is 0 Å². The van der Waals surface area contributed by atoms with E-state index in [1.54, 1.807) is 4.90 Å². The van der Waals surface area contributed by atoms with Crippen LogP contribution in [0.25, 0.3) is 0 Å². The van der Waals surface area contributed by atoms with Gasteiger partial charge in [-0.15, -0.1) is 0 Å². The number of benzene rings is 1. The Morgan fingerprint density at radius 1 is 1.30 bits per heavy atom. The summed E-state index contributed by atoms with van der Waals surface area (Å²) < 4.78 is 0. The van der Waals surface area contributed by atoms with E-state index < -0.39 is 5.97 Å². The van der Waals surface area contributed by atoms with Crippen LogP contribution < -0.4 is 5.32 Å². The van der Waals surface area contributed by atoms with Gasteiger partial charge in [-0.1, -0.05) is 24.9 Å². The highest BCUT2D eigenvalue weighted by Gasteiger charge is 2.13. The van der Waals surface area contributed by atoms with Crippen molar-refractivity contribution in [1.82, 2.24) is 4.90 Å². The molecular weight excluding hydrogens is 280 g/mol. The molecule has 0 aliphatic rings. The number of rotatable bonds is 6. The van der Waals surface area contributed by atoms with Gasteiger partial charge in [-0.3, -0.25) is 0 Å². The van der Waals surface area contributed by atoms with Crippen LogP contribution in [0.4, 0.5) is 10.5 Å². The Hall–Kier alpha value is -1.75. The van der Waals surface area contributed by atoms with Gasteiger partial charge in [0, 0.05) is 23.8 Å². The van der Waals surface area contributed by atoms with Gasteiger partial charge in [0.2, 0.25) is 0 Å². The number of carboxylic acids is 1. The van der Waals surface area contributed by atoms with Crippen LogP contribution in [0.2, 0.25) is 5.02 Å². The van der Waals surface area contributed by atoms with Crippen molar-refractivity contribution in [1.29, 1.82) is 0 Å². The predicted octanol–water partition coefficient (Wildman–Crippen LogP) is 3.69. The molecular formula is C14H19ClN2O3. The Kier molecular flexibility index (Phi) is 6.31. The van der Waals surface area contributed by atoms with Crippen LogP contribution in [0.15, 0.2) is 18.2 Å². The summed E-state index contributed by atoms with van der Waals surface area (Å²) in [6.45, 7) is 5.22. The lowest BCUT2D eigenvalue weighted by molar-refractivity contribution is 0.0697. The minimum absolute atomic E-state index is 0.0457. The molecule has 0 aromatic heterocycles. The van der Waals surface area contributed by atoms with Gasteiger partial charge in [-0.2, -0.15) is 0 Å². The van der Waals surface area contributed by atoms with E-state index in [1.807, 2.05) is 6.92 Å². The molecule has 0 aliphatic carbocycles. The van der Waals surface area contributed by atoms with Crippen molar-refractivity contribution in [3.8, 4) is 0 Å². The monoisotopic (exact) mass is 298 g/mol. The minimum Gasteiger partial charge on any atom is -0.478 e. The zero-order chi connectivity index (χ0) is 15.1. The molecule has 20 heavy (non-hydrogen) atoms. The molecule has 0 fully saturated rings. The number of amides is 2. The normalized spacial score (nSPS) is 10.2. The number of hydrogen-bond acceptors (Lipinski definition) is 2. The van der Waals surface area contributed by atoms with E-state index in [2.05, 4.69) is 12.2 Å². The molecule has 6 heteroatoms. The number of anilines is 1. The molecule has 0 saturated carbocycles. The third kappa shape index (κ3) is 4.74. The molecule has 1 rings (SSSR count). The number of nitrogens with one attached hydrogen (secondary N) is 1. The third-order valence-electron chi connectivity index (χ3n) is 2.85. The maximum atomic E-state index is 12.1. The van der Waals surface area contributed by atoms with Crippen molar-refractivity contribution in [3.63, 3.8) is 0 Å². The van der Waals surface area contributed by atoms with Crippen molar-refractivity contribution >= 4 is 29.3 Å². The van der Waals surface area contributed by atoms with E-state index in [4.69, 9.17) is 16.7 Å². The highest BCUT2D eigenvalue weighted by molar-refractivity contribution is 6.31. The van der Waals surface area contributed by atoms with E-state index >= 15 is 0 Å². The molecule has 2 amide bonds. The molecule has 110 valence electrons. The Morgan fingerprint density at radius 2 is 2.00 bits per heavy atom. The van der Waals surface area contributed by atoms with Gasteiger partial charge in [-0.05, 0) is 31.5 Å². The lowest BCUT2D eigenvalue weighted by Gasteiger charge is -2.21. The zero-order valence-electron chi connectivity index (χ0n) is 11.6. The number of halogens is 1. The van der Waals surface area contributed by atoms with Gasteiger partial charge < -0.3 is 15.3 Å². The van der Waals surface area contributed by atoms with Crippen LogP contribution in [0, 0.1) is 0 Å². The molecule has 0 atom stereocenters. The van der Waals surface area contributed by atoms with E-state index in [0.717, 1.165) is 12.8 Å². The number of urea groups is 1. The lowest BCUT2D eigenvalue weighted by atomic mass is 10.2. The molecule has 0 aliphatic heterocycles. The fourth-order valence-electron chi connectivity index (χ4n) is 1.74. The van der Waals surface area contributed by atoms with Gasteiger partial charge in [-0.25, -0.2) is 9.59 Å². The maximum Gasteiger partial charge on any atom is 0.335 e. The first-order chi connectivity index (χ1) is 9.47. The van der Waals surface area contributed by atoms with Crippen LogP contribution in [-0.2, 0) is 0 Å². The molecule has 0 heterocycles. The third-order valence-corrected chi connectivity index (χ3v) is 3.06. The van der Waals surface area contributed by atoms with Gasteiger partial charge in [0.25, 0.3) is 0 Å². The Balaban J connectivity index is 2.81. The van der Waals surface area contributed by atoms with Crippen LogP contribution >= 0.6 is 11.6 Å². The smallest absolute Gasteiger partial charge is 0.335 e. The summed E-state index contributed by atoms with van der Waals surface area (Å²) in [5, 5.41) is 11.9. The lowest BCUT2D eigenvalue weighted by Crippen LogP contribution is -2.35. The summed E-state index contributed by atoms with van der Waals surface area (Å²) in [6.07, 6.45) is 1.93. The van der Waals surface area contributed by atoms with Crippen molar-refractivity contribution in [2.45, 2.75) is 26.7 Å². The minimum atomic E-state index is -1.08. The summed E-state index contributed by atoms with van der Waals surface area (Å²) >= 11 is 5.85. The fourth-order valence-corrected chi connectivity index (χ4v) is 1.98. The van der Waals surface area contributed by atoms with Gasteiger partial charge in [0.05, 0.1) is 5.56 Å². The number of carbonyl (C=O) groups excluding carboxylic acids is 1. The summed E-state index contributed by atoms with van der Waals surface area (Å²) in [6, 6.07) is 4.01. The van der Waals surface area contributed by atoms with E-state index in [0.29, 0.717) is 18.8 Å². The zero-order valence-corrected chi connectivity index (χ0v) is 12.4. The fraction of sp³-hybridized carbons (Fsp3) is 0.429. The van der Waals surface area contributed by atoms with Gasteiger partial charge in [0.15, 0.2) is 0 Å². The number of unbranched alkanes of at least 4 members (excludes halogenated alkanes) is 1. The molecule has 1 aromatic carbocycles. The van der Waals surface area contributed by atoms with Crippen molar-refractivity contribution < 1.29 is 14.7 Å². The first-order valence-corrected chi connectivity index (χ1v) is 6.95. The summed E-state index contributed by atoms with van der Waals surface area (Å²) in [4.78, 5) is 24.7. The van der Waals surface area contributed by atoms with Crippen LogP contribution in [-0.4, -0.2) is 35.1 Å². The maximum absolute atomic E-state index is 12.1. The van der Waals surface area contributed by atoms with Crippen LogP contribution in [0.1, 0.15) is 37.0 Å². The van der Waals surface area contributed by atoms with E-state index in [1.165, 1.54) is 18.2 Å². The average Bonchev–Trinajstić information content (AvgIpc) is 2.38. The Morgan fingerprint density at radius 3 is 2.55 bits per heavy atom. The molecule has 0 saturated heterocycles. The molecule has 0 bridgehead atoms. The predicted molar refractivity (Wildman–Crippen MR) is 79.6 cm³/mol. The van der Waals surface area contributed by atoms with Crippen LogP contribution in [0.3, 0.4) is 0 Å². The summed E-state index contributed by atoms with van der Waals surface area (Å²) in [7, 11) is 0. The largest absolute Gasteiger partial charge is 0.478 e. The van der Waals surface area contributed by atoms with E-state index in [-0.39, 0.29) is 16.6 Å². The quantitative estimate of drug-likeness (QED) is 0.841. The number of carbonyl (C=O) groups is 2. The summed E-state index contributed by atoms with van der Waals surface area (Å²) in [5.41, 5.74) is 0.430. The second kappa shape index (κ2) is 7.75.